The second-order valence-electron chi connectivity index (χ2n) is 5.51. The molecule has 1 heterocycles. The zero-order chi connectivity index (χ0) is 19.1. The molecule has 1 atom stereocenters. The van der Waals surface area contributed by atoms with Crippen molar-refractivity contribution in [1.82, 2.24) is 0 Å². The fourth-order valence-corrected chi connectivity index (χ4v) is 2.52. The molecule has 8 nitrogen and oxygen atoms in total. The number of carbonyl (C=O) groups is 2. The van der Waals surface area contributed by atoms with Gasteiger partial charge in [-0.2, -0.15) is 0 Å². The number of carbonyl (C=O) groups excluding carboxylic acids is 2. The maximum atomic E-state index is 11.8. The number of hydrogen-bond donors (Lipinski definition) is 1. The quantitative estimate of drug-likeness (QED) is 0.721. The lowest BCUT2D eigenvalue weighted by molar-refractivity contribution is -0.148. The van der Waals surface area contributed by atoms with E-state index in [-0.39, 0.29) is 30.0 Å². The highest BCUT2D eigenvalue weighted by atomic mass is 32.2. The molecule has 0 aliphatic carbocycles. The minimum Gasteiger partial charge on any atom is -0.462 e. The Morgan fingerprint density at radius 2 is 1.88 bits per heavy atom. The number of nitrogens with two attached hydrogens (primary N) is 1. The van der Waals surface area contributed by atoms with Crippen LogP contribution in [0.15, 0.2) is 44.0 Å². The van der Waals surface area contributed by atoms with Crippen molar-refractivity contribution in [3.63, 3.8) is 0 Å². The first kappa shape index (κ1) is 19.8. The van der Waals surface area contributed by atoms with E-state index in [9.17, 15) is 14.4 Å². The SMILES string of the molecule is CC(C)OC(=O)[C@@H](N)CSC(=O)OCc1oc(=O)oc1-c1ccccc1. The average Bonchev–Trinajstić information content (AvgIpc) is 2.98. The van der Waals surface area contributed by atoms with Gasteiger partial charge in [0.05, 0.1) is 6.10 Å². The summed E-state index contributed by atoms with van der Waals surface area (Å²) in [6.07, 6.45) is -0.286. The molecule has 0 radical (unpaired) electrons. The molecule has 0 amide bonds. The monoisotopic (exact) mass is 381 g/mol. The number of rotatable bonds is 7. The van der Waals surface area contributed by atoms with Gasteiger partial charge in [-0.05, 0) is 25.6 Å². The summed E-state index contributed by atoms with van der Waals surface area (Å²) in [5.74, 6) is -1.18. The van der Waals surface area contributed by atoms with Crippen molar-refractivity contribution in [2.45, 2.75) is 32.6 Å². The molecule has 2 rings (SSSR count). The fourth-order valence-electron chi connectivity index (χ4n) is 1.92. The Labute approximate surface area is 153 Å². The van der Waals surface area contributed by atoms with Crippen molar-refractivity contribution in [2.24, 2.45) is 5.73 Å². The molecule has 0 unspecified atom stereocenters. The van der Waals surface area contributed by atoms with E-state index >= 15 is 0 Å². The van der Waals surface area contributed by atoms with Gasteiger partial charge in [0.25, 0.3) is 0 Å². The van der Waals surface area contributed by atoms with E-state index in [4.69, 9.17) is 24.0 Å². The summed E-state index contributed by atoms with van der Waals surface area (Å²) >= 11 is 0.730. The zero-order valence-corrected chi connectivity index (χ0v) is 15.1. The molecule has 0 aliphatic rings. The Hall–Kier alpha value is -2.52. The van der Waals surface area contributed by atoms with Gasteiger partial charge in [-0.15, -0.1) is 0 Å². The number of benzene rings is 1. The van der Waals surface area contributed by atoms with Crippen LogP contribution in [-0.4, -0.2) is 29.2 Å². The molecule has 2 aromatic rings. The first-order valence-electron chi connectivity index (χ1n) is 7.80. The summed E-state index contributed by atoms with van der Waals surface area (Å²) in [6.45, 7) is 3.12. The van der Waals surface area contributed by atoms with E-state index < -0.39 is 23.1 Å². The molecule has 26 heavy (non-hydrogen) atoms. The van der Waals surface area contributed by atoms with E-state index in [0.29, 0.717) is 5.56 Å². The maximum Gasteiger partial charge on any atom is 0.519 e. The molecule has 140 valence electrons. The summed E-state index contributed by atoms with van der Waals surface area (Å²) in [7, 11) is 0. The van der Waals surface area contributed by atoms with Crippen molar-refractivity contribution in [3.8, 4) is 11.3 Å². The number of esters is 1. The number of thioether (sulfide) groups is 1. The topological polar surface area (TPSA) is 122 Å². The molecule has 1 aromatic carbocycles. The molecular formula is C17H19NO7S. The van der Waals surface area contributed by atoms with E-state index in [0.717, 1.165) is 11.8 Å². The lowest BCUT2D eigenvalue weighted by Crippen LogP contribution is -2.36. The third kappa shape index (κ3) is 5.78. The van der Waals surface area contributed by atoms with E-state index in [1.165, 1.54) is 0 Å². The third-order valence-electron chi connectivity index (χ3n) is 3.04. The molecule has 9 heteroatoms. The standard InChI is InChI=1S/C17H19NO7S/c1-10(2)23-15(19)12(18)9-26-17(21)22-8-13-14(25-16(20)24-13)11-6-4-3-5-7-11/h3-7,10,12H,8-9,18H2,1-2H3/t12-/m0/s1. The Balaban J connectivity index is 1.88. The molecule has 0 spiro atoms. The average molecular weight is 381 g/mol. The van der Waals surface area contributed by atoms with Crippen molar-refractivity contribution in [1.29, 1.82) is 0 Å². The Bertz CT molecular complexity index is 797. The second-order valence-corrected chi connectivity index (χ2v) is 6.47. The highest BCUT2D eigenvalue weighted by Crippen LogP contribution is 2.23. The second kappa shape index (κ2) is 9.25. The van der Waals surface area contributed by atoms with Crippen LogP contribution in [0, 0.1) is 0 Å². The predicted molar refractivity (Wildman–Crippen MR) is 94.5 cm³/mol. The van der Waals surface area contributed by atoms with Crippen molar-refractivity contribution >= 4 is 23.0 Å². The van der Waals surface area contributed by atoms with Crippen LogP contribution in [0.3, 0.4) is 0 Å². The Morgan fingerprint density at radius 3 is 2.54 bits per heavy atom. The van der Waals surface area contributed by atoms with Gasteiger partial charge in [0, 0.05) is 11.3 Å². The molecule has 0 aliphatic heterocycles. The van der Waals surface area contributed by atoms with Crippen LogP contribution in [0.4, 0.5) is 4.79 Å². The lowest BCUT2D eigenvalue weighted by Gasteiger charge is -2.12. The molecular weight excluding hydrogens is 362 g/mol. The first-order valence-corrected chi connectivity index (χ1v) is 8.79. The van der Waals surface area contributed by atoms with Gasteiger partial charge in [0.2, 0.25) is 0 Å². The molecule has 0 saturated carbocycles. The van der Waals surface area contributed by atoms with Gasteiger partial charge in [-0.1, -0.05) is 30.3 Å². The van der Waals surface area contributed by atoms with Crippen LogP contribution in [0.1, 0.15) is 19.6 Å². The van der Waals surface area contributed by atoms with Crippen LogP contribution in [0.5, 0.6) is 0 Å². The Morgan fingerprint density at radius 1 is 1.19 bits per heavy atom. The van der Waals surface area contributed by atoms with Crippen LogP contribution in [0.25, 0.3) is 11.3 Å². The van der Waals surface area contributed by atoms with Gasteiger partial charge in [0.1, 0.15) is 6.04 Å². The van der Waals surface area contributed by atoms with Crippen LogP contribution in [-0.2, 0) is 20.9 Å². The molecule has 0 bridgehead atoms. The zero-order valence-electron chi connectivity index (χ0n) is 14.3. The predicted octanol–water partition coefficient (Wildman–Crippen LogP) is 2.55. The van der Waals surface area contributed by atoms with Gasteiger partial charge in [0.15, 0.2) is 18.1 Å². The van der Waals surface area contributed by atoms with Crippen LogP contribution < -0.4 is 11.6 Å². The van der Waals surface area contributed by atoms with Gasteiger partial charge in [-0.25, -0.2) is 9.59 Å². The van der Waals surface area contributed by atoms with Gasteiger partial charge >= 0.3 is 17.1 Å². The first-order chi connectivity index (χ1) is 12.4. The van der Waals surface area contributed by atoms with Gasteiger partial charge < -0.3 is 24.0 Å². The van der Waals surface area contributed by atoms with E-state index in [1.54, 1.807) is 38.1 Å². The molecule has 2 N–H and O–H groups in total. The highest BCUT2D eigenvalue weighted by molar-refractivity contribution is 8.13. The van der Waals surface area contributed by atoms with E-state index in [1.807, 2.05) is 6.07 Å². The largest absolute Gasteiger partial charge is 0.519 e. The smallest absolute Gasteiger partial charge is 0.462 e. The van der Waals surface area contributed by atoms with Crippen molar-refractivity contribution in [3.05, 3.63) is 46.7 Å². The fraction of sp³-hybridized carbons (Fsp3) is 0.353. The summed E-state index contributed by atoms with van der Waals surface area (Å²) in [6, 6.07) is 7.87. The lowest BCUT2D eigenvalue weighted by atomic mass is 10.1. The summed E-state index contributed by atoms with van der Waals surface area (Å²) in [5, 5.41) is -0.666. The normalized spacial score (nSPS) is 12.0. The number of ether oxygens (including phenoxy) is 2. The van der Waals surface area contributed by atoms with Crippen molar-refractivity contribution < 1.29 is 27.9 Å². The Kier molecular flexibility index (Phi) is 7.05. The van der Waals surface area contributed by atoms with Gasteiger partial charge in [-0.3, -0.25) is 4.79 Å². The van der Waals surface area contributed by atoms with Crippen molar-refractivity contribution in [2.75, 3.05) is 5.75 Å². The molecule has 1 aromatic heterocycles. The van der Waals surface area contributed by atoms with E-state index in [2.05, 4.69) is 0 Å². The minimum absolute atomic E-state index is 0.00522. The summed E-state index contributed by atoms with van der Waals surface area (Å²) in [5.41, 5.74) is 6.27. The molecule has 0 fully saturated rings. The van der Waals surface area contributed by atoms with Crippen LogP contribution in [0.2, 0.25) is 0 Å². The summed E-state index contributed by atoms with van der Waals surface area (Å²) in [4.78, 5) is 34.7. The number of hydrogen-bond acceptors (Lipinski definition) is 9. The van der Waals surface area contributed by atoms with Crippen LogP contribution >= 0.6 is 11.8 Å². The molecule has 0 saturated heterocycles. The minimum atomic E-state index is -0.943. The maximum absolute atomic E-state index is 11.8. The summed E-state index contributed by atoms with van der Waals surface area (Å²) < 4.78 is 19.9. The highest BCUT2D eigenvalue weighted by Gasteiger charge is 2.20. The third-order valence-corrected chi connectivity index (χ3v) is 3.92.